The Kier molecular flexibility index (Phi) is 22.6. The van der Waals surface area contributed by atoms with Crippen molar-refractivity contribution >= 4 is 55.7 Å². The van der Waals surface area contributed by atoms with Crippen molar-refractivity contribution in [3.05, 3.63) is 91.9 Å². The van der Waals surface area contributed by atoms with E-state index in [1.807, 2.05) is 30.7 Å². The Morgan fingerprint density at radius 1 is 1.10 bits per heavy atom. The molecule has 0 spiro atoms. The Hall–Kier alpha value is 0.686. The summed E-state index contributed by atoms with van der Waals surface area (Å²) in [5.74, 6) is 0. The molecule has 1 aromatic carbocycles. The standard InChI is InChI=1S/C9H12.C7H7.C2H4.K.Na/c1-2-6-9-7-4-3-5-8-9;1-7-5-3-2-4-6-7;1-2;;/h3-5,7-8H,2,6H2,1H3;2-6H,1H2;1-2H2;;/q;+1;;;. The predicted octanol–water partition coefficient (Wildman–Crippen LogP) is 4.55. The van der Waals surface area contributed by atoms with Gasteiger partial charge in [-0.05, 0) is 18.6 Å². The summed E-state index contributed by atoms with van der Waals surface area (Å²) in [6, 6.07) is 10.6. The Morgan fingerprint density at radius 3 is 2.05 bits per heavy atom. The minimum absolute atomic E-state index is 1.07. The second-order valence-electron chi connectivity index (χ2n) is 3.72. The summed E-state index contributed by atoms with van der Waals surface area (Å²) >= 11 is 2.69. The molecule has 2 heteroatoms. The third-order valence-corrected chi connectivity index (χ3v) is 2.22. The molecule has 0 heterocycles. The molecule has 0 fully saturated rings. The quantitative estimate of drug-likeness (QED) is 0.427. The van der Waals surface area contributed by atoms with Gasteiger partial charge >= 0.3 is 55.7 Å². The van der Waals surface area contributed by atoms with Gasteiger partial charge in [-0.25, -0.2) is 0 Å². The van der Waals surface area contributed by atoms with E-state index in [0.29, 0.717) is 0 Å². The molecule has 96 valence electrons. The zero-order chi connectivity index (χ0) is 15.6. The zero-order valence-corrected chi connectivity index (χ0v) is 18.4. The van der Waals surface area contributed by atoms with Crippen LogP contribution in [-0.2, 0) is 6.42 Å². The van der Waals surface area contributed by atoms with Crippen LogP contribution in [0.25, 0.3) is 0 Å². The van der Waals surface area contributed by atoms with E-state index in [1.165, 1.54) is 74.1 Å². The topological polar surface area (TPSA) is 0 Å². The van der Waals surface area contributed by atoms with Crippen LogP contribution in [-0.4, -0.2) is 55.7 Å². The van der Waals surface area contributed by atoms with E-state index >= 15 is 0 Å². The van der Waals surface area contributed by atoms with Gasteiger partial charge in [-0.1, -0.05) is 43.7 Å². The van der Waals surface area contributed by atoms with Gasteiger partial charge in [0.1, 0.15) is 0 Å². The Bertz CT molecular complexity index is 380. The summed E-state index contributed by atoms with van der Waals surface area (Å²) in [5, 5.41) is 0. The second-order valence-corrected chi connectivity index (χ2v) is 3.72. The molecule has 2 rings (SSSR count). The van der Waals surface area contributed by atoms with Gasteiger partial charge in [-0.15, -0.1) is 13.2 Å². The van der Waals surface area contributed by atoms with Crippen molar-refractivity contribution in [1.82, 2.24) is 0 Å². The molecule has 0 aliphatic heterocycles. The van der Waals surface area contributed by atoms with Crippen LogP contribution in [0.1, 0.15) is 18.9 Å². The van der Waals surface area contributed by atoms with Crippen molar-refractivity contribution in [2.75, 3.05) is 0 Å². The van der Waals surface area contributed by atoms with Gasteiger partial charge < -0.3 is 0 Å². The zero-order valence-electron chi connectivity index (χ0n) is 13.3. The molecule has 0 saturated carbocycles. The fraction of sp³-hybridized carbons (Fsp3) is 0.167. The molecule has 0 unspecified atom stereocenters. The Morgan fingerprint density at radius 2 is 1.70 bits per heavy atom. The number of hydrogen-bond donors (Lipinski definition) is 0. The van der Waals surface area contributed by atoms with Crippen LogP contribution < -0.4 is 0 Å². The Labute approximate surface area is 164 Å². The van der Waals surface area contributed by atoms with E-state index < -0.39 is 0 Å². The van der Waals surface area contributed by atoms with E-state index in [2.05, 4.69) is 57.0 Å². The van der Waals surface area contributed by atoms with Crippen molar-refractivity contribution in [2.24, 2.45) is 0 Å². The van der Waals surface area contributed by atoms with Gasteiger partial charge in [0.25, 0.3) is 0 Å². The second kappa shape index (κ2) is 19.7. The van der Waals surface area contributed by atoms with Crippen LogP contribution in [0.3, 0.4) is 0 Å². The molecule has 0 radical (unpaired) electrons. The van der Waals surface area contributed by atoms with Gasteiger partial charge in [0.15, 0.2) is 0 Å². The number of benzene rings is 1. The average molecular weight is 301 g/mol. The van der Waals surface area contributed by atoms with Crippen LogP contribution in [0.5, 0.6) is 0 Å². The van der Waals surface area contributed by atoms with E-state index in [1.54, 1.807) is 0 Å². The van der Waals surface area contributed by atoms with Gasteiger partial charge in [0.2, 0.25) is 0 Å². The van der Waals surface area contributed by atoms with Crippen molar-refractivity contribution in [3.8, 4) is 0 Å². The SMILES string of the molecule is C=C.C=C1C=CC=C[CH+]1.CCCc1ccccc1.[Na][K]. The van der Waals surface area contributed by atoms with E-state index in [-0.39, 0.29) is 0 Å². The minimum atomic E-state index is 1.07. The van der Waals surface area contributed by atoms with Crippen molar-refractivity contribution < 1.29 is 0 Å². The third-order valence-electron chi connectivity index (χ3n) is 2.22. The monoisotopic (exact) mass is 301 g/mol. The molecular weight excluding hydrogens is 278 g/mol. The summed E-state index contributed by atoms with van der Waals surface area (Å²) in [6.07, 6.45) is 12.3. The van der Waals surface area contributed by atoms with Crippen LogP contribution in [0, 0.1) is 6.42 Å². The number of allylic oxidation sites excluding steroid dienone is 5. The summed E-state index contributed by atoms with van der Waals surface area (Å²) < 4.78 is 0. The van der Waals surface area contributed by atoms with Crippen molar-refractivity contribution in [3.63, 3.8) is 0 Å². The maximum atomic E-state index is 3.72. The first-order valence-electron chi connectivity index (χ1n) is 7.24. The molecule has 1 aromatic rings. The molecule has 20 heavy (non-hydrogen) atoms. The number of hydrogen-bond acceptors (Lipinski definition) is 0. The van der Waals surface area contributed by atoms with E-state index in [0.717, 1.165) is 5.57 Å². The maximum absolute atomic E-state index is 3.72. The molecule has 0 saturated heterocycles. The first kappa shape index (κ1) is 23.0. The third kappa shape index (κ3) is 15.1. The summed E-state index contributed by atoms with van der Waals surface area (Å²) in [7, 11) is 0. The molecule has 0 N–H and O–H groups in total. The molecule has 1 aliphatic rings. The molecule has 0 amide bonds. The molecule has 0 atom stereocenters. The summed E-state index contributed by atoms with van der Waals surface area (Å²) in [5.41, 5.74) is 2.52. The number of aryl methyl sites for hydroxylation is 1. The first-order valence-corrected chi connectivity index (χ1v) is 18.6. The Balaban J connectivity index is 0. The normalized spacial score (nSPS) is 10.8. The van der Waals surface area contributed by atoms with Gasteiger partial charge in [-0.2, -0.15) is 0 Å². The average Bonchev–Trinajstić information content (AvgIpc) is 2.54. The van der Waals surface area contributed by atoms with Crippen LogP contribution >= 0.6 is 0 Å². The van der Waals surface area contributed by atoms with Crippen LogP contribution in [0.2, 0.25) is 0 Å². The predicted molar refractivity (Wildman–Crippen MR) is 94.9 cm³/mol. The van der Waals surface area contributed by atoms with E-state index in [4.69, 9.17) is 0 Å². The fourth-order valence-corrected chi connectivity index (χ4v) is 1.41. The first-order chi connectivity index (χ1) is 9.83. The van der Waals surface area contributed by atoms with Crippen molar-refractivity contribution in [2.45, 2.75) is 19.8 Å². The molecular formula is C18H23KNa+. The van der Waals surface area contributed by atoms with Gasteiger partial charge in [0.05, 0.1) is 5.57 Å². The van der Waals surface area contributed by atoms with Gasteiger partial charge in [0, 0.05) is 30.7 Å². The number of rotatable bonds is 2. The molecule has 0 nitrogen and oxygen atoms in total. The summed E-state index contributed by atoms with van der Waals surface area (Å²) in [6.45, 7) is 11.9. The summed E-state index contributed by atoms with van der Waals surface area (Å²) in [4.78, 5) is 0. The van der Waals surface area contributed by atoms with E-state index in [9.17, 15) is 0 Å². The van der Waals surface area contributed by atoms with Crippen LogP contribution in [0.4, 0.5) is 0 Å². The van der Waals surface area contributed by atoms with Crippen LogP contribution in [0.15, 0.2) is 79.9 Å². The van der Waals surface area contributed by atoms with Crippen molar-refractivity contribution in [1.29, 1.82) is 0 Å². The van der Waals surface area contributed by atoms with Gasteiger partial charge in [-0.3, -0.25) is 0 Å². The fourth-order valence-electron chi connectivity index (χ4n) is 1.41. The molecule has 0 bridgehead atoms. The molecule has 0 aromatic heterocycles. The molecule has 1 aliphatic carbocycles.